The highest BCUT2D eigenvalue weighted by atomic mass is 15.1. The molecule has 0 spiro atoms. The van der Waals surface area contributed by atoms with Crippen molar-refractivity contribution in [1.29, 1.82) is 0 Å². The minimum atomic E-state index is 0.631. The average Bonchev–Trinajstić information content (AvgIpc) is 1.56. The molecule has 12 heteroatoms. The minimum absolute atomic E-state index is 0.631. The van der Waals surface area contributed by atoms with Crippen molar-refractivity contribution in [2.75, 3.05) is 0 Å². The van der Waals surface area contributed by atoms with Gasteiger partial charge in [-0.2, -0.15) is 0 Å². The van der Waals surface area contributed by atoms with Crippen molar-refractivity contribution in [3.8, 4) is 142 Å². The van der Waals surface area contributed by atoms with E-state index in [0.29, 0.717) is 52.4 Å². The summed E-state index contributed by atoms with van der Waals surface area (Å²) in [6.45, 7) is 0. The molecule has 0 amide bonds. The van der Waals surface area contributed by atoms with Crippen LogP contribution in [0.3, 0.4) is 0 Å². The van der Waals surface area contributed by atoms with Gasteiger partial charge in [0, 0.05) is 104 Å². The molecular weight excluding hydrogens is 1790 g/mol. The van der Waals surface area contributed by atoms with Crippen LogP contribution < -0.4 is 0 Å². The van der Waals surface area contributed by atoms with Crippen molar-refractivity contribution in [3.05, 3.63) is 522 Å². The van der Waals surface area contributed by atoms with Gasteiger partial charge in [-0.3, -0.25) is 0 Å². The van der Waals surface area contributed by atoms with Crippen molar-refractivity contribution in [2.45, 2.75) is 0 Å². The first kappa shape index (κ1) is 86.2. The van der Waals surface area contributed by atoms with Gasteiger partial charge >= 0.3 is 0 Å². The second-order valence-corrected chi connectivity index (χ2v) is 37.1. The third kappa shape index (κ3) is 15.9. The predicted octanol–water partition coefficient (Wildman–Crippen LogP) is 34.2. The van der Waals surface area contributed by atoms with Crippen molar-refractivity contribution >= 4 is 130 Å². The Hall–Kier alpha value is -20.0. The number of hydrogen-bond acceptors (Lipinski definition) is 9. The molecule has 686 valence electrons. The topological polar surface area (TPSA) is 131 Å². The lowest BCUT2D eigenvalue weighted by Gasteiger charge is -2.17. The number of rotatable bonds is 14. The molecule has 0 aliphatic rings. The molecule has 6 heterocycles. The molecule has 147 heavy (non-hydrogen) atoms. The summed E-state index contributed by atoms with van der Waals surface area (Å²) in [6, 6.07) is 183. The van der Waals surface area contributed by atoms with Gasteiger partial charge in [0.2, 0.25) is 0 Å². The van der Waals surface area contributed by atoms with Crippen LogP contribution in [0, 0.1) is 0 Å². The lowest BCUT2D eigenvalue weighted by Crippen LogP contribution is -2.04. The Morgan fingerprint density at radius 2 is 0.429 bits per heavy atom. The predicted molar refractivity (Wildman–Crippen MR) is 607 cm³/mol. The summed E-state index contributed by atoms with van der Waals surface area (Å²) >= 11 is 0. The highest BCUT2D eigenvalue weighted by Crippen LogP contribution is 2.46. The van der Waals surface area contributed by atoms with Gasteiger partial charge < -0.3 is 13.7 Å². The maximum absolute atomic E-state index is 5.21. The maximum atomic E-state index is 5.21. The molecular formula is C135H86N12. The zero-order valence-electron chi connectivity index (χ0n) is 79.5. The van der Waals surface area contributed by atoms with E-state index in [4.69, 9.17) is 44.9 Å². The standard InChI is InChI=1S/2C47H30N4.C41H26N4/c1-3-14-32(15-4-1)39-21-12-22-41-40-20-9-10-23-43(40)51(44(39)41)42-24-11-19-35-30-37(27-28-38(35)42)47-49-45(33-16-5-2-6-17-33)48-46(50-47)36-26-25-31-13-7-8-18-34(31)29-36;1-3-13-31(14-4-1)35-25-26-43-41(29-35)40-21-11-12-22-42(40)51(43)44-30-38(28-36-19-9-10-20-39(36)44)47-49-45(33-16-5-2-6-17-33)48-46(50-47)37-24-23-32-15-7-8-18-34(32)27-37;1-2-14-29(15-3-1)39-42-40(31-23-22-27-12-4-5-16-30(27)26-31)44-41(43-39)35-25-24-28-13-6-7-17-32(28)38(35)45-36-20-10-8-18-33(36)34-19-9-11-21-37(34)45/h2*1-30H;1-26H. The van der Waals surface area contributed by atoms with Crippen LogP contribution in [0.2, 0.25) is 0 Å². The lowest BCUT2D eigenvalue weighted by atomic mass is 10.0. The summed E-state index contributed by atoms with van der Waals surface area (Å²) in [5, 5.41) is 21.1. The molecule has 0 saturated carbocycles. The Bertz CT molecular complexity index is 10200. The molecule has 0 atom stereocenters. The van der Waals surface area contributed by atoms with Gasteiger partial charge in [0.15, 0.2) is 52.4 Å². The van der Waals surface area contributed by atoms with Gasteiger partial charge in [0.25, 0.3) is 0 Å². The fourth-order valence-corrected chi connectivity index (χ4v) is 21.2. The van der Waals surface area contributed by atoms with E-state index in [2.05, 4.69) is 469 Å². The van der Waals surface area contributed by atoms with E-state index in [9.17, 15) is 0 Å². The van der Waals surface area contributed by atoms with Crippen LogP contribution in [0.15, 0.2) is 522 Å². The summed E-state index contributed by atoms with van der Waals surface area (Å²) in [5.41, 5.74) is 23.5. The molecule has 6 aromatic heterocycles. The number of nitrogens with zero attached hydrogens (tertiary/aromatic N) is 12. The molecule has 29 rings (SSSR count). The van der Waals surface area contributed by atoms with Crippen molar-refractivity contribution in [1.82, 2.24) is 58.6 Å². The molecule has 29 aromatic rings. The first-order chi connectivity index (χ1) is 72.9. The molecule has 12 nitrogen and oxygen atoms in total. The fraction of sp³-hybridized carbons (Fsp3) is 0. The Labute approximate surface area is 846 Å². The van der Waals surface area contributed by atoms with E-state index in [1.54, 1.807) is 0 Å². The van der Waals surface area contributed by atoms with Gasteiger partial charge in [0.1, 0.15) is 0 Å². The Kier molecular flexibility index (Phi) is 21.6. The molecule has 0 fully saturated rings. The Balaban J connectivity index is 0.000000109. The van der Waals surface area contributed by atoms with E-state index in [-0.39, 0.29) is 0 Å². The molecule has 0 radical (unpaired) electrons. The molecule has 0 saturated heterocycles. The van der Waals surface area contributed by atoms with E-state index >= 15 is 0 Å². The molecule has 0 aliphatic carbocycles. The van der Waals surface area contributed by atoms with E-state index < -0.39 is 0 Å². The number of benzene rings is 23. The average molecular weight is 1880 g/mol. The Morgan fingerprint density at radius 3 is 0.918 bits per heavy atom. The van der Waals surface area contributed by atoms with Crippen LogP contribution in [0.5, 0.6) is 0 Å². The van der Waals surface area contributed by atoms with Gasteiger partial charge in [-0.25, -0.2) is 44.9 Å². The van der Waals surface area contributed by atoms with Crippen LogP contribution in [0.4, 0.5) is 0 Å². The molecule has 0 aliphatic heterocycles. The van der Waals surface area contributed by atoms with E-state index in [1.807, 2.05) is 66.7 Å². The first-order valence-electron chi connectivity index (χ1n) is 49.5. The largest absolute Gasteiger partial charge is 0.309 e. The fourth-order valence-electron chi connectivity index (χ4n) is 21.2. The van der Waals surface area contributed by atoms with Crippen LogP contribution in [0.25, 0.3) is 272 Å². The monoisotopic (exact) mass is 1870 g/mol. The summed E-state index contributed by atoms with van der Waals surface area (Å²) in [7, 11) is 0. The van der Waals surface area contributed by atoms with Crippen LogP contribution in [-0.2, 0) is 0 Å². The second kappa shape index (κ2) is 36.9. The highest BCUT2D eigenvalue weighted by Gasteiger charge is 2.27. The second-order valence-electron chi connectivity index (χ2n) is 37.1. The quantitative estimate of drug-likeness (QED) is 0.104. The van der Waals surface area contributed by atoms with Crippen LogP contribution >= 0.6 is 0 Å². The van der Waals surface area contributed by atoms with Gasteiger partial charge in [-0.05, 0) is 150 Å². The van der Waals surface area contributed by atoms with Gasteiger partial charge in [-0.1, -0.05) is 437 Å². The first-order valence-corrected chi connectivity index (χ1v) is 49.5. The molecule has 23 aromatic carbocycles. The summed E-state index contributed by atoms with van der Waals surface area (Å²) in [6.07, 6.45) is 0. The molecule has 0 unspecified atom stereocenters. The van der Waals surface area contributed by atoms with Crippen molar-refractivity contribution in [2.24, 2.45) is 0 Å². The highest BCUT2D eigenvalue weighted by molar-refractivity contribution is 6.17. The van der Waals surface area contributed by atoms with Crippen molar-refractivity contribution < 1.29 is 0 Å². The smallest absolute Gasteiger partial charge is 0.166 e. The van der Waals surface area contributed by atoms with Crippen molar-refractivity contribution in [3.63, 3.8) is 0 Å². The SMILES string of the molecule is c1ccc(-c2ccc3c(c2)c2ccccc2n3-c2cc(-c3nc(-c4ccccc4)nc(-c4ccc5ccccc5c4)n3)cc3ccccc23)cc1.c1ccc(-c2nc(-c3ccc4ccccc4c3)nc(-c3ccc4c(-n5c6ccccc6c6cccc(-c7ccccc7)c65)cccc4c3)n2)cc1.c1ccc(-c2nc(-c3ccc4ccccc4c3)nc(-c3ccc4ccccc4c3-n3c4ccccc4c4ccccc43)n2)cc1. The van der Waals surface area contributed by atoms with Gasteiger partial charge in [0.05, 0.1) is 50.2 Å². The number of fused-ring (bicyclic) bond motifs is 15. The number of para-hydroxylation sites is 5. The van der Waals surface area contributed by atoms with E-state index in [0.717, 1.165) is 138 Å². The number of hydrogen-bond donors (Lipinski definition) is 0. The molecule has 0 N–H and O–H groups in total. The van der Waals surface area contributed by atoms with Crippen LogP contribution in [-0.4, -0.2) is 58.6 Å². The minimum Gasteiger partial charge on any atom is -0.309 e. The normalized spacial score (nSPS) is 11.5. The number of aromatic nitrogens is 12. The van der Waals surface area contributed by atoms with Gasteiger partial charge in [-0.15, -0.1) is 0 Å². The third-order valence-electron chi connectivity index (χ3n) is 28.2. The Morgan fingerprint density at radius 1 is 0.122 bits per heavy atom. The van der Waals surface area contributed by atoms with Crippen LogP contribution in [0.1, 0.15) is 0 Å². The molecule has 0 bridgehead atoms. The lowest BCUT2D eigenvalue weighted by molar-refractivity contribution is 1.07. The zero-order chi connectivity index (χ0) is 97.2. The summed E-state index contributed by atoms with van der Waals surface area (Å²) in [4.78, 5) is 45.8. The summed E-state index contributed by atoms with van der Waals surface area (Å²) < 4.78 is 7.21. The zero-order valence-corrected chi connectivity index (χ0v) is 79.5. The summed E-state index contributed by atoms with van der Waals surface area (Å²) in [5.74, 6) is 5.78. The maximum Gasteiger partial charge on any atom is 0.166 e. The van der Waals surface area contributed by atoms with E-state index in [1.165, 1.54) is 81.8 Å². The third-order valence-corrected chi connectivity index (χ3v) is 28.2.